The fraction of sp³-hybridized carbons (Fsp3) is 0.500. The van der Waals surface area contributed by atoms with Gasteiger partial charge in [-0.25, -0.2) is 0 Å². The predicted octanol–water partition coefficient (Wildman–Crippen LogP) is 5.59. The Morgan fingerprint density at radius 2 is 1.94 bits per heavy atom. The summed E-state index contributed by atoms with van der Waals surface area (Å²) >= 11 is 0. The fourth-order valence-corrected chi connectivity index (χ4v) is 1.60. The molecular weight excluding hydrogens is 192 g/mol. The first-order valence-electron chi connectivity index (χ1n) is 6.29. The fourth-order valence-electron chi connectivity index (χ4n) is 1.60. The molecule has 0 saturated heterocycles. The lowest BCUT2D eigenvalue weighted by molar-refractivity contribution is 0.930. The van der Waals surface area contributed by atoms with Gasteiger partial charge in [0.2, 0.25) is 0 Å². The SMILES string of the molecule is C=C(/C=C\C=C(\C)C/C(=C\C)CC)CCC. The van der Waals surface area contributed by atoms with Gasteiger partial charge in [0.05, 0.1) is 0 Å². The van der Waals surface area contributed by atoms with Crippen LogP contribution in [0.4, 0.5) is 0 Å². The molecule has 0 rings (SSSR count). The zero-order chi connectivity index (χ0) is 12.4. The van der Waals surface area contributed by atoms with E-state index >= 15 is 0 Å². The van der Waals surface area contributed by atoms with E-state index in [-0.39, 0.29) is 0 Å². The van der Waals surface area contributed by atoms with Crippen LogP contribution in [0.15, 0.2) is 47.6 Å². The van der Waals surface area contributed by atoms with E-state index in [0.29, 0.717) is 0 Å². The second-order valence-corrected chi connectivity index (χ2v) is 4.26. The average Bonchev–Trinajstić information content (AvgIpc) is 2.26. The van der Waals surface area contributed by atoms with E-state index in [2.05, 4.69) is 58.6 Å². The van der Waals surface area contributed by atoms with Gasteiger partial charge in [0.25, 0.3) is 0 Å². The van der Waals surface area contributed by atoms with Crippen LogP contribution in [-0.2, 0) is 0 Å². The van der Waals surface area contributed by atoms with Crippen LogP contribution in [0.1, 0.15) is 53.4 Å². The van der Waals surface area contributed by atoms with Gasteiger partial charge in [-0.05, 0) is 33.1 Å². The third-order valence-corrected chi connectivity index (χ3v) is 2.65. The van der Waals surface area contributed by atoms with Crippen molar-refractivity contribution in [3.8, 4) is 0 Å². The van der Waals surface area contributed by atoms with Crippen LogP contribution in [0.2, 0.25) is 0 Å². The summed E-state index contributed by atoms with van der Waals surface area (Å²) in [7, 11) is 0. The minimum atomic E-state index is 1.09. The van der Waals surface area contributed by atoms with Gasteiger partial charge < -0.3 is 0 Å². The maximum Gasteiger partial charge on any atom is -0.0108 e. The van der Waals surface area contributed by atoms with Crippen molar-refractivity contribution in [1.29, 1.82) is 0 Å². The van der Waals surface area contributed by atoms with Gasteiger partial charge in [0.15, 0.2) is 0 Å². The number of rotatable bonds is 7. The quantitative estimate of drug-likeness (QED) is 0.386. The van der Waals surface area contributed by atoms with Crippen molar-refractivity contribution in [2.75, 3.05) is 0 Å². The van der Waals surface area contributed by atoms with Crippen molar-refractivity contribution >= 4 is 0 Å². The standard InChI is InChI=1S/C16H26/c1-6-10-14(4)11-9-12-15(5)13-16(7-2)8-3/h7,9,11-12H,4,6,8,10,13H2,1-3,5H3/b11-9-,15-12-,16-7-. The Morgan fingerprint density at radius 3 is 2.44 bits per heavy atom. The summed E-state index contributed by atoms with van der Waals surface area (Å²) in [4.78, 5) is 0. The minimum absolute atomic E-state index is 1.09. The molecule has 0 aliphatic rings. The Morgan fingerprint density at radius 1 is 1.25 bits per heavy atom. The lowest BCUT2D eigenvalue weighted by atomic mass is 10.0. The molecule has 0 aliphatic carbocycles. The molecular formula is C16H26. The van der Waals surface area contributed by atoms with Crippen molar-refractivity contribution in [2.45, 2.75) is 53.4 Å². The molecule has 0 aromatic rings. The second-order valence-electron chi connectivity index (χ2n) is 4.26. The molecule has 90 valence electrons. The molecule has 0 saturated carbocycles. The molecule has 0 heteroatoms. The first-order valence-corrected chi connectivity index (χ1v) is 6.29. The first-order chi connectivity index (χ1) is 7.63. The van der Waals surface area contributed by atoms with Gasteiger partial charge in [-0.2, -0.15) is 0 Å². The van der Waals surface area contributed by atoms with E-state index in [4.69, 9.17) is 0 Å². The first kappa shape index (κ1) is 15.0. The van der Waals surface area contributed by atoms with E-state index in [9.17, 15) is 0 Å². The lowest BCUT2D eigenvalue weighted by Crippen LogP contribution is -1.82. The van der Waals surface area contributed by atoms with Crippen LogP contribution in [-0.4, -0.2) is 0 Å². The molecule has 0 aromatic heterocycles. The molecule has 0 heterocycles. The van der Waals surface area contributed by atoms with Gasteiger partial charge in [0, 0.05) is 0 Å². The van der Waals surface area contributed by atoms with Gasteiger partial charge >= 0.3 is 0 Å². The number of hydrogen-bond donors (Lipinski definition) is 0. The molecule has 0 radical (unpaired) electrons. The summed E-state index contributed by atoms with van der Waals surface area (Å²) in [5.41, 5.74) is 4.14. The topological polar surface area (TPSA) is 0 Å². The monoisotopic (exact) mass is 218 g/mol. The molecule has 0 amide bonds. The zero-order valence-corrected chi connectivity index (χ0v) is 11.3. The number of hydrogen-bond acceptors (Lipinski definition) is 0. The lowest BCUT2D eigenvalue weighted by Gasteiger charge is -2.03. The van der Waals surface area contributed by atoms with E-state index in [1.807, 2.05) is 0 Å². The van der Waals surface area contributed by atoms with Gasteiger partial charge in [0.1, 0.15) is 0 Å². The summed E-state index contributed by atoms with van der Waals surface area (Å²) in [6.45, 7) is 12.7. The van der Waals surface area contributed by atoms with Gasteiger partial charge in [-0.3, -0.25) is 0 Å². The van der Waals surface area contributed by atoms with Crippen LogP contribution in [0.5, 0.6) is 0 Å². The summed E-state index contributed by atoms with van der Waals surface area (Å²) < 4.78 is 0. The highest BCUT2D eigenvalue weighted by atomic mass is 14.0. The molecule has 16 heavy (non-hydrogen) atoms. The Bertz CT molecular complexity index is 287. The molecule has 0 aromatic carbocycles. The smallest absolute Gasteiger partial charge is 0.0108 e. The highest BCUT2D eigenvalue weighted by Gasteiger charge is 1.93. The molecule has 0 aliphatic heterocycles. The summed E-state index contributed by atoms with van der Waals surface area (Å²) in [6.07, 6.45) is 13.2. The van der Waals surface area contributed by atoms with Crippen LogP contribution in [0.25, 0.3) is 0 Å². The molecule has 0 nitrogen and oxygen atoms in total. The van der Waals surface area contributed by atoms with Crippen LogP contribution >= 0.6 is 0 Å². The third kappa shape index (κ3) is 7.28. The second kappa shape index (κ2) is 9.21. The maximum atomic E-state index is 4.01. The van der Waals surface area contributed by atoms with Crippen molar-refractivity contribution in [3.05, 3.63) is 47.6 Å². The van der Waals surface area contributed by atoms with E-state index < -0.39 is 0 Å². The Hall–Kier alpha value is -1.04. The Balaban J connectivity index is 4.18. The minimum Gasteiger partial charge on any atom is -0.0958 e. The Kier molecular flexibility index (Phi) is 8.61. The zero-order valence-electron chi connectivity index (χ0n) is 11.3. The van der Waals surface area contributed by atoms with Crippen LogP contribution in [0, 0.1) is 0 Å². The van der Waals surface area contributed by atoms with Crippen LogP contribution in [0.3, 0.4) is 0 Å². The summed E-state index contributed by atoms with van der Waals surface area (Å²) in [5, 5.41) is 0. The molecule has 0 N–H and O–H groups in total. The summed E-state index contributed by atoms with van der Waals surface area (Å²) in [5.74, 6) is 0. The van der Waals surface area contributed by atoms with Gasteiger partial charge in [-0.15, -0.1) is 0 Å². The van der Waals surface area contributed by atoms with E-state index in [1.165, 1.54) is 23.1 Å². The third-order valence-electron chi connectivity index (χ3n) is 2.65. The highest BCUT2D eigenvalue weighted by Crippen LogP contribution is 2.13. The average molecular weight is 218 g/mol. The maximum absolute atomic E-state index is 4.01. The summed E-state index contributed by atoms with van der Waals surface area (Å²) in [6, 6.07) is 0. The molecule has 0 atom stereocenters. The largest absolute Gasteiger partial charge is 0.0958 e. The van der Waals surface area contributed by atoms with Crippen molar-refractivity contribution in [1.82, 2.24) is 0 Å². The molecule has 0 unspecified atom stereocenters. The predicted molar refractivity (Wildman–Crippen MR) is 75.6 cm³/mol. The van der Waals surface area contributed by atoms with Crippen molar-refractivity contribution in [3.63, 3.8) is 0 Å². The van der Waals surface area contributed by atoms with Gasteiger partial charge in [-0.1, -0.05) is 67.9 Å². The van der Waals surface area contributed by atoms with Crippen molar-refractivity contribution < 1.29 is 0 Å². The molecule has 0 bridgehead atoms. The van der Waals surface area contributed by atoms with E-state index in [1.54, 1.807) is 0 Å². The molecule has 0 fully saturated rings. The Labute approximate surface area is 101 Å². The highest BCUT2D eigenvalue weighted by molar-refractivity contribution is 5.23. The normalized spacial score (nSPS) is 13.5. The van der Waals surface area contributed by atoms with Crippen molar-refractivity contribution in [2.24, 2.45) is 0 Å². The van der Waals surface area contributed by atoms with Crippen LogP contribution < -0.4 is 0 Å². The number of allylic oxidation sites excluding steroid dienone is 7. The van der Waals surface area contributed by atoms with E-state index in [0.717, 1.165) is 19.3 Å². The molecule has 0 spiro atoms.